The lowest BCUT2D eigenvalue weighted by atomic mass is 9.93. The van der Waals surface area contributed by atoms with Crippen LogP contribution >= 0.6 is 0 Å². The molecule has 2 amide bonds. The van der Waals surface area contributed by atoms with Gasteiger partial charge in [-0.2, -0.15) is 0 Å². The highest BCUT2D eigenvalue weighted by Gasteiger charge is 2.41. The van der Waals surface area contributed by atoms with Crippen LogP contribution < -0.4 is 9.64 Å². The third-order valence-corrected chi connectivity index (χ3v) is 5.82. The van der Waals surface area contributed by atoms with E-state index in [1.807, 2.05) is 0 Å². The van der Waals surface area contributed by atoms with Crippen molar-refractivity contribution in [2.45, 2.75) is 64.4 Å². The number of nitrogens with zero attached hydrogens (tertiary/aromatic N) is 1. The van der Waals surface area contributed by atoms with Gasteiger partial charge in [0.1, 0.15) is 17.7 Å². The highest BCUT2D eigenvalue weighted by molar-refractivity contribution is 6.33. The first-order valence-corrected chi connectivity index (χ1v) is 10.2. The van der Waals surface area contributed by atoms with Gasteiger partial charge < -0.3 is 9.47 Å². The van der Waals surface area contributed by atoms with Crippen molar-refractivity contribution in [3.05, 3.63) is 34.7 Å². The molecule has 7 heteroatoms. The predicted octanol–water partition coefficient (Wildman–Crippen LogP) is 3.74. The number of hydrogen-bond acceptors (Lipinski definition) is 5. The third-order valence-electron chi connectivity index (χ3n) is 5.82. The van der Waals surface area contributed by atoms with Crippen LogP contribution in [0.15, 0.2) is 23.3 Å². The normalized spacial score (nSPS) is 19.7. The molecule has 0 atom stereocenters. The first-order valence-electron chi connectivity index (χ1n) is 10.2. The summed E-state index contributed by atoms with van der Waals surface area (Å²) in [5, 5.41) is 0. The van der Waals surface area contributed by atoms with Crippen LogP contribution in [0.5, 0.6) is 5.75 Å². The number of hydrogen-bond donors (Lipinski definition) is 0. The number of esters is 1. The Morgan fingerprint density at radius 1 is 1.07 bits per heavy atom. The number of amides is 2. The Morgan fingerprint density at radius 2 is 1.69 bits per heavy atom. The van der Waals surface area contributed by atoms with E-state index in [4.69, 9.17) is 9.47 Å². The van der Waals surface area contributed by atoms with Gasteiger partial charge in [-0.25, -0.2) is 14.1 Å². The molecule has 29 heavy (non-hydrogen) atoms. The minimum Gasteiger partial charge on any atom is -0.482 e. The largest absolute Gasteiger partial charge is 0.482 e. The highest BCUT2D eigenvalue weighted by atomic mass is 19.1. The summed E-state index contributed by atoms with van der Waals surface area (Å²) in [6.07, 6.45) is 6.54. The topological polar surface area (TPSA) is 72.9 Å². The molecule has 0 N–H and O–H groups in total. The summed E-state index contributed by atoms with van der Waals surface area (Å²) in [5.41, 5.74) is 1.31. The molecule has 2 aliphatic carbocycles. The molecule has 1 aromatic rings. The summed E-state index contributed by atoms with van der Waals surface area (Å²) in [6.45, 7) is 1.33. The van der Waals surface area contributed by atoms with E-state index in [0.29, 0.717) is 29.6 Å². The van der Waals surface area contributed by atoms with E-state index in [2.05, 4.69) is 0 Å². The van der Waals surface area contributed by atoms with Crippen LogP contribution in [0.1, 0.15) is 56.9 Å². The molecular formula is C22H24FNO5. The van der Waals surface area contributed by atoms with E-state index >= 15 is 0 Å². The lowest BCUT2D eigenvalue weighted by Gasteiger charge is -2.19. The van der Waals surface area contributed by atoms with Crippen LogP contribution in [-0.4, -0.2) is 30.5 Å². The van der Waals surface area contributed by atoms with Crippen molar-refractivity contribution in [1.82, 2.24) is 0 Å². The van der Waals surface area contributed by atoms with Crippen LogP contribution in [0.25, 0.3) is 0 Å². The summed E-state index contributed by atoms with van der Waals surface area (Å²) in [4.78, 5) is 38.4. The standard InChI is InChI=1S/C22H24FNO5/c1-13-10-17(23)18(24-21(26)15-8-4-5-9-16(15)22(24)27)11-19(13)28-12-20(25)29-14-6-2-3-7-14/h10-11,14H,2-9,12H2,1H3. The van der Waals surface area contributed by atoms with E-state index in [9.17, 15) is 18.8 Å². The van der Waals surface area contributed by atoms with Crippen molar-refractivity contribution in [2.75, 3.05) is 11.5 Å². The summed E-state index contributed by atoms with van der Waals surface area (Å²) in [6, 6.07) is 2.53. The lowest BCUT2D eigenvalue weighted by molar-refractivity contribution is -0.151. The van der Waals surface area contributed by atoms with Gasteiger partial charge in [0.05, 0.1) is 5.69 Å². The summed E-state index contributed by atoms with van der Waals surface area (Å²) < 4.78 is 25.6. The van der Waals surface area contributed by atoms with Gasteiger partial charge in [-0.15, -0.1) is 0 Å². The summed E-state index contributed by atoms with van der Waals surface area (Å²) >= 11 is 0. The van der Waals surface area contributed by atoms with Gasteiger partial charge in [0.25, 0.3) is 11.8 Å². The Bertz CT molecular complexity index is 873. The monoisotopic (exact) mass is 401 g/mol. The number of halogens is 1. The minimum atomic E-state index is -0.676. The number of benzene rings is 1. The molecule has 1 aromatic carbocycles. The van der Waals surface area contributed by atoms with Crippen molar-refractivity contribution in [2.24, 2.45) is 0 Å². The molecule has 0 aromatic heterocycles. The molecular weight excluding hydrogens is 377 g/mol. The van der Waals surface area contributed by atoms with Crippen molar-refractivity contribution in [3.63, 3.8) is 0 Å². The molecule has 0 bridgehead atoms. The van der Waals surface area contributed by atoms with Gasteiger partial charge in [-0.3, -0.25) is 9.59 Å². The number of carbonyl (C=O) groups excluding carboxylic acids is 3. The number of anilines is 1. The third kappa shape index (κ3) is 3.78. The molecule has 4 rings (SSSR count). The van der Waals surface area contributed by atoms with Gasteiger partial charge in [0, 0.05) is 17.2 Å². The van der Waals surface area contributed by atoms with E-state index < -0.39 is 23.6 Å². The minimum absolute atomic E-state index is 0.0618. The van der Waals surface area contributed by atoms with Gasteiger partial charge >= 0.3 is 5.97 Å². The predicted molar refractivity (Wildman–Crippen MR) is 103 cm³/mol. The Morgan fingerprint density at radius 3 is 2.31 bits per heavy atom. The van der Waals surface area contributed by atoms with Crippen molar-refractivity contribution < 1.29 is 28.2 Å². The number of imide groups is 1. The maximum Gasteiger partial charge on any atom is 0.344 e. The molecule has 3 aliphatic rings. The Labute approximate surface area is 168 Å². The van der Waals surface area contributed by atoms with E-state index in [1.54, 1.807) is 6.92 Å². The number of aryl methyl sites for hydroxylation is 1. The highest BCUT2D eigenvalue weighted by Crippen LogP contribution is 2.38. The molecule has 1 saturated carbocycles. The van der Waals surface area contributed by atoms with Crippen LogP contribution in [0.2, 0.25) is 0 Å². The molecule has 0 spiro atoms. The van der Waals surface area contributed by atoms with Crippen molar-refractivity contribution >= 4 is 23.5 Å². The second kappa shape index (κ2) is 7.97. The fourth-order valence-corrected chi connectivity index (χ4v) is 4.29. The Kier molecular flexibility index (Phi) is 5.39. The molecule has 154 valence electrons. The van der Waals surface area contributed by atoms with Crippen LogP contribution in [-0.2, 0) is 19.1 Å². The molecule has 0 saturated heterocycles. The zero-order valence-electron chi connectivity index (χ0n) is 16.5. The lowest BCUT2D eigenvalue weighted by Crippen LogP contribution is -2.32. The molecule has 1 aliphatic heterocycles. The van der Waals surface area contributed by atoms with Crippen LogP contribution in [0, 0.1) is 12.7 Å². The van der Waals surface area contributed by atoms with Gasteiger partial charge in [-0.1, -0.05) is 0 Å². The van der Waals surface area contributed by atoms with Gasteiger partial charge in [-0.05, 0) is 69.9 Å². The van der Waals surface area contributed by atoms with Gasteiger partial charge in [0.15, 0.2) is 6.61 Å². The summed E-state index contributed by atoms with van der Waals surface area (Å²) in [5.74, 6) is -1.83. The molecule has 1 heterocycles. The second-order valence-corrected chi connectivity index (χ2v) is 7.86. The van der Waals surface area contributed by atoms with E-state index in [1.165, 1.54) is 12.1 Å². The van der Waals surface area contributed by atoms with Crippen molar-refractivity contribution in [3.8, 4) is 5.75 Å². The number of rotatable bonds is 5. The SMILES string of the molecule is Cc1cc(F)c(N2C(=O)C3=C(CCCC3)C2=O)cc1OCC(=O)OC1CCCC1. The molecule has 0 unspecified atom stereocenters. The average molecular weight is 401 g/mol. The number of carbonyl (C=O) groups is 3. The summed E-state index contributed by atoms with van der Waals surface area (Å²) in [7, 11) is 0. The zero-order chi connectivity index (χ0) is 20.5. The molecule has 6 nitrogen and oxygen atoms in total. The smallest absolute Gasteiger partial charge is 0.344 e. The average Bonchev–Trinajstić information content (AvgIpc) is 3.29. The first-order chi connectivity index (χ1) is 14.0. The molecule has 1 fully saturated rings. The maximum atomic E-state index is 14.7. The fraction of sp³-hybridized carbons (Fsp3) is 0.500. The maximum absolute atomic E-state index is 14.7. The first kappa shape index (κ1) is 19.6. The van der Waals surface area contributed by atoms with Gasteiger partial charge in [0.2, 0.25) is 0 Å². The van der Waals surface area contributed by atoms with E-state index in [0.717, 1.165) is 43.4 Å². The quantitative estimate of drug-likeness (QED) is 0.555. The van der Waals surface area contributed by atoms with E-state index in [-0.39, 0.29) is 24.1 Å². The van der Waals surface area contributed by atoms with Crippen molar-refractivity contribution in [1.29, 1.82) is 0 Å². The Hall–Kier alpha value is -2.70. The van der Waals surface area contributed by atoms with Crippen LogP contribution in [0.4, 0.5) is 10.1 Å². The van der Waals surface area contributed by atoms with Crippen LogP contribution in [0.3, 0.4) is 0 Å². The molecule has 0 radical (unpaired) electrons. The zero-order valence-corrected chi connectivity index (χ0v) is 16.5. The number of ether oxygens (including phenoxy) is 2. The second-order valence-electron chi connectivity index (χ2n) is 7.86. The Balaban J connectivity index is 1.51. The fourth-order valence-electron chi connectivity index (χ4n) is 4.29.